The van der Waals surface area contributed by atoms with E-state index in [1.54, 1.807) is 6.20 Å². The number of aromatic nitrogens is 4. The molecule has 7 heteroatoms. The fourth-order valence-electron chi connectivity index (χ4n) is 1.37. The van der Waals surface area contributed by atoms with Crippen molar-refractivity contribution in [2.24, 2.45) is 5.41 Å². The molecule has 5 N–H and O–H groups in total. The number of nitrogens with zero attached hydrogens (tertiary/aromatic N) is 3. The maximum atomic E-state index is 9.18. The summed E-state index contributed by atoms with van der Waals surface area (Å²) in [6, 6.07) is 0. The van der Waals surface area contributed by atoms with Crippen LogP contribution in [0.5, 0.6) is 0 Å². The zero-order valence-electron chi connectivity index (χ0n) is 9.86. The summed E-state index contributed by atoms with van der Waals surface area (Å²) in [7, 11) is 0. The number of rotatable bonds is 4. The van der Waals surface area contributed by atoms with Gasteiger partial charge in [-0.15, -0.1) is 0 Å². The van der Waals surface area contributed by atoms with E-state index in [0.717, 1.165) is 5.39 Å². The number of aliphatic hydroxyl groups excluding tert-OH is 1. The van der Waals surface area contributed by atoms with E-state index < -0.39 is 0 Å². The fraction of sp³-hybridized carbons (Fsp3) is 0.500. The van der Waals surface area contributed by atoms with E-state index >= 15 is 0 Å². The fourth-order valence-corrected chi connectivity index (χ4v) is 1.37. The van der Waals surface area contributed by atoms with Crippen LogP contribution in [0.3, 0.4) is 0 Å². The first-order valence-corrected chi connectivity index (χ1v) is 5.33. The molecule has 0 aliphatic carbocycles. The second-order valence-electron chi connectivity index (χ2n) is 4.74. The lowest BCUT2D eigenvalue weighted by Crippen LogP contribution is -2.27. The largest absolute Gasteiger partial charge is 0.396 e. The SMILES string of the molecule is CC(C)(CO)CNc1nc(N)nc2[nH]ncc12. The summed E-state index contributed by atoms with van der Waals surface area (Å²) in [5, 5.41) is 19.8. The first-order chi connectivity index (χ1) is 8.02. The van der Waals surface area contributed by atoms with Crippen LogP contribution in [0.2, 0.25) is 0 Å². The van der Waals surface area contributed by atoms with Gasteiger partial charge in [-0.1, -0.05) is 13.8 Å². The van der Waals surface area contributed by atoms with Crippen LogP contribution < -0.4 is 11.1 Å². The summed E-state index contributed by atoms with van der Waals surface area (Å²) in [6.45, 7) is 4.59. The van der Waals surface area contributed by atoms with E-state index in [-0.39, 0.29) is 18.0 Å². The molecule has 2 aromatic rings. The second kappa shape index (κ2) is 4.17. The Morgan fingerprint density at radius 3 is 2.94 bits per heavy atom. The summed E-state index contributed by atoms with van der Waals surface area (Å²) in [5.74, 6) is 0.814. The predicted molar refractivity (Wildman–Crippen MR) is 65.5 cm³/mol. The third-order valence-electron chi connectivity index (χ3n) is 2.49. The maximum Gasteiger partial charge on any atom is 0.224 e. The molecule has 0 atom stereocenters. The minimum atomic E-state index is -0.226. The van der Waals surface area contributed by atoms with Gasteiger partial charge in [0.05, 0.1) is 11.6 Å². The Labute approximate surface area is 98.5 Å². The van der Waals surface area contributed by atoms with Gasteiger partial charge in [-0.3, -0.25) is 5.10 Å². The predicted octanol–water partition coefficient (Wildman–Crippen LogP) is 0.365. The number of nitrogens with one attached hydrogen (secondary N) is 2. The van der Waals surface area contributed by atoms with Crippen LogP contribution in [0.15, 0.2) is 6.20 Å². The van der Waals surface area contributed by atoms with Gasteiger partial charge in [0.2, 0.25) is 5.95 Å². The highest BCUT2D eigenvalue weighted by atomic mass is 16.3. The van der Waals surface area contributed by atoms with Gasteiger partial charge in [-0.05, 0) is 0 Å². The number of hydrogen-bond acceptors (Lipinski definition) is 6. The average Bonchev–Trinajstić information content (AvgIpc) is 2.73. The molecule has 2 rings (SSSR count). The summed E-state index contributed by atoms with van der Waals surface area (Å²) in [6.07, 6.45) is 1.64. The van der Waals surface area contributed by atoms with Crippen LogP contribution in [-0.2, 0) is 0 Å². The van der Waals surface area contributed by atoms with Crippen molar-refractivity contribution in [2.75, 3.05) is 24.2 Å². The molecule has 7 nitrogen and oxygen atoms in total. The Morgan fingerprint density at radius 1 is 1.47 bits per heavy atom. The minimum absolute atomic E-state index is 0.0924. The molecule has 0 unspecified atom stereocenters. The molecule has 92 valence electrons. The smallest absolute Gasteiger partial charge is 0.224 e. The van der Waals surface area contributed by atoms with Crippen LogP contribution >= 0.6 is 0 Å². The molecule has 0 radical (unpaired) electrons. The zero-order valence-corrected chi connectivity index (χ0v) is 9.86. The Hall–Kier alpha value is -1.89. The number of aromatic amines is 1. The highest BCUT2D eigenvalue weighted by Gasteiger charge is 2.17. The van der Waals surface area contributed by atoms with Crippen LogP contribution in [0, 0.1) is 5.41 Å². The van der Waals surface area contributed by atoms with Gasteiger partial charge in [-0.25, -0.2) is 0 Å². The lowest BCUT2D eigenvalue weighted by Gasteiger charge is -2.22. The van der Waals surface area contributed by atoms with Crippen molar-refractivity contribution in [3.8, 4) is 0 Å². The molecule has 0 spiro atoms. The molecule has 0 saturated carbocycles. The number of aliphatic hydroxyl groups is 1. The van der Waals surface area contributed by atoms with E-state index in [0.29, 0.717) is 18.0 Å². The summed E-state index contributed by atoms with van der Waals surface area (Å²) in [4.78, 5) is 8.14. The first-order valence-electron chi connectivity index (χ1n) is 5.33. The van der Waals surface area contributed by atoms with E-state index in [1.807, 2.05) is 13.8 Å². The minimum Gasteiger partial charge on any atom is -0.396 e. The van der Waals surface area contributed by atoms with Gasteiger partial charge in [0, 0.05) is 18.6 Å². The third kappa shape index (κ3) is 2.44. The van der Waals surface area contributed by atoms with E-state index in [1.165, 1.54) is 0 Å². The monoisotopic (exact) mass is 236 g/mol. The Balaban J connectivity index is 2.26. The lowest BCUT2D eigenvalue weighted by molar-refractivity contribution is 0.171. The Morgan fingerprint density at radius 2 is 2.24 bits per heavy atom. The van der Waals surface area contributed by atoms with E-state index in [2.05, 4.69) is 25.5 Å². The molecule has 17 heavy (non-hydrogen) atoms. The molecule has 0 aliphatic heterocycles. The third-order valence-corrected chi connectivity index (χ3v) is 2.49. The molecule has 0 fully saturated rings. The van der Waals surface area contributed by atoms with Crippen molar-refractivity contribution >= 4 is 22.8 Å². The molecule has 0 amide bonds. The molecule has 0 aliphatic rings. The second-order valence-corrected chi connectivity index (χ2v) is 4.74. The molecule has 0 aromatic carbocycles. The first kappa shape index (κ1) is 11.6. The van der Waals surface area contributed by atoms with Gasteiger partial charge in [0.1, 0.15) is 5.82 Å². The van der Waals surface area contributed by atoms with Gasteiger partial charge in [0.25, 0.3) is 0 Å². The molecule has 2 heterocycles. The number of fused-ring (bicyclic) bond motifs is 1. The molecule has 0 bridgehead atoms. The van der Waals surface area contributed by atoms with Crippen LogP contribution in [0.4, 0.5) is 11.8 Å². The van der Waals surface area contributed by atoms with Crippen molar-refractivity contribution in [3.05, 3.63) is 6.20 Å². The number of nitrogens with two attached hydrogens (primary N) is 1. The van der Waals surface area contributed by atoms with Crippen LogP contribution in [-0.4, -0.2) is 38.4 Å². The van der Waals surface area contributed by atoms with Crippen molar-refractivity contribution in [3.63, 3.8) is 0 Å². The van der Waals surface area contributed by atoms with Crippen LogP contribution in [0.25, 0.3) is 11.0 Å². The van der Waals surface area contributed by atoms with Crippen LogP contribution in [0.1, 0.15) is 13.8 Å². The summed E-state index contributed by atoms with van der Waals surface area (Å²) >= 11 is 0. The molecular weight excluding hydrogens is 220 g/mol. The number of anilines is 2. The highest BCUT2D eigenvalue weighted by molar-refractivity contribution is 5.86. The van der Waals surface area contributed by atoms with E-state index in [4.69, 9.17) is 5.73 Å². The van der Waals surface area contributed by atoms with Crippen molar-refractivity contribution in [1.82, 2.24) is 20.2 Å². The summed E-state index contributed by atoms with van der Waals surface area (Å²) in [5.41, 5.74) is 5.97. The molecular formula is C10H16N6O. The summed E-state index contributed by atoms with van der Waals surface area (Å²) < 4.78 is 0. The molecule has 2 aromatic heterocycles. The number of nitrogen functional groups attached to an aromatic ring is 1. The normalized spacial score (nSPS) is 11.9. The number of hydrogen-bond donors (Lipinski definition) is 4. The maximum absolute atomic E-state index is 9.18. The van der Waals surface area contributed by atoms with Gasteiger partial charge in [-0.2, -0.15) is 15.1 Å². The van der Waals surface area contributed by atoms with Gasteiger partial charge >= 0.3 is 0 Å². The van der Waals surface area contributed by atoms with Gasteiger partial charge < -0.3 is 16.2 Å². The van der Waals surface area contributed by atoms with Crippen molar-refractivity contribution < 1.29 is 5.11 Å². The standard InChI is InChI=1S/C10H16N6O/c1-10(2,5-17)4-12-7-6-3-13-16-8(6)15-9(11)14-7/h3,17H,4-5H2,1-2H3,(H4,11,12,13,14,15,16). The topological polar surface area (TPSA) is 113 Å². The van der Waals surface area contributed by atoms with Crippen molar-refractivity contribution in [2.45, 2.75) is 13.8 Å². The molecule has 0 saturated heterocycles. The van der Waals surface area contributed by atoms with Gasteiger partial charge in [0.15, 0.2) is 5.65 Å². The average molecular weight is 236 g/mol. The number of H-pyrrole nitrogens is 1. The highest BCUT2D eigenvalue weighted by Crippen LogP contribution is 2.21. The zero-order chi connectivity index (χ0) is 12.5. The Bertz CT molecular complexity index is 520. The quantitative estimate of drug-likeness (QED) is 0.610. The van der Waals surface area contributed by atoms with Crippen molar-refractivity contribution in [1.29, 1.82) is 0 Å². The lowest BCUT2D eigenvalue weighted by atomic mass is 9.95. The van der Waals surface area contributed by atoms with E-state index in [9.17, 15) is 5.11 Å². The Kier molecular flexibility index (Phi) is 2.84.